The van der Waals surface area contributed by atoms with Gasteiger partial charge in [-0.15, -0.1) is 0 Å². The summed E-state index contributed by atoms with van der Waals surface area (Å²) >= 11 is 0. The topological polar surface area (TPSA) is 213 Å². The minimum Gasteiger partial charge on any atom is -0.386 e. The Kier molecular flexibility index (Phi) is 14.9. The fourth-order valence-electron chi connectivity index (χ4n) is 7.18. The molecule has 9 N–H and O–H groups in total. The molecule has 14 nitrogen and oxygen atoms in total. The van der Waals surface area contributed by atoms with Gasteiger partial charge in [-0.25, -0.2) is 0 Å². The van der Waals surface area contributed by atoms with Crippen molar-refractivity contribution in [2.24, 2.45) is 22.4 Å². The fraction of sp³-hybridized carbons (Fsp3) is 0.526. The van der Waals surface area contributed by atoms with Crippen LogP contribution in [0.5, 0.6) is 0 Å². The second-order valence-electron chi connectivity index (χ2n) is 14.1. The molecule has 2 saturated heterocycles. The summed E-state index contributed by atoms with van der Waals surface area (Å²) in [6, 6.07) is 15.3. The van der Waals surface area contributed by atoms with E-state index in [1.807, 2.05) is 60.7 Å². The SMILES string of the molecule is CNC(C)C(N)=NC1CSSC(C(=O)NC(c2ccccc2)c2ccccc2)NC(=O)C2CCCN2C(=O)C(C2CCCCC2)NC(C=O)(CN)NC1=O. The number of nitrogens with two attached hydrogens (primary N) is 2. The first-order valence-corrected chi connectivity index (χ1v) is 21.0. The number of aliphatic imine (C=N–C) groups is 1. The van der Waals surface area contributed by atoms with E-state index in [1.165, 1.54) is 0 Å². The summed E-state index contributed by atoms with van der Waals surface area (Å²) in [6.45, 7) is 1.78. The van der Waals surface area contributed by atoms with Gasteiger partial charge in [0.1, 0.15) is 17.9 Å². The van der Waals surface area contributed by atoms with E-state index >= 15 is 0 Å². The lowest BCUT2D eigenvalue weighted by atomic mass is 9.82. The molecule has 54 heavy (non-hydrogen) atoms. The summed E-state index contributed by atoms with van der Waals surface area (Å²) in [7, 11) is 3.93. The number of fused-ring (bicyclic) bond motifs is 1. The number of nitrogens with zero attached hydrogens (tertiary/aromatic N) is 2. The van der Waals surface area contributed by atoms with Crippen molar-refractivity contribution in [2.45, 2.75) is 93.1 Å². The highest BCUT2D eigenvalue weighted by Crippen LogP contribution is 2.32. The van der Waals surface area contributed by atoms with Crippen LogP contribution in [0.3, 0.4) is 0 Å². The molecule has 16 heteroatoms. The molecular formula is C38H53N9O5S2. The smallest absolute Gasteiger partial charge is 0.254 e. The zero-order valence-electron chi connectivity index (χ0n) is 30.9. The summed E-state index contributed by atoms with van der Waals surface area (Å²) in [4.78, 5) is 76.1. The first-order chi connectivity index (χ1) is 26.1. The molecule has 2 aromatic rings. The quantitative estimate of drug-likeness (QED) is 0.0796. The van der Waals surface area contributed by atoms with Crippen molar-refractivity contribution in [1.82, 2.24) is 31.5 Å². The first-order valence-electron chi connectivity index (χ1n) is 18.7. The average molecular weight is 780 g/mol. The van der Waals surface area contributed by atoms with Gasteiger partial charge in [0.25, 0.3) is 5.91 Å². The summed E-state index contributed by atoms with van der Waals surface area (Å²) in [6.07, 6.45) is 5.81. The van der Waals surface area contributed by atoms with Crippen LogP contribution in [-0.4, -0.2) is 102 Å². The van der Waals surface area contributed by atoms with Gasteiger partial charge in [0.15, 0.2) is 17.3 Å². The monoisotopic (exact) mass is 779 g/mol. The van der Waals surface area contributed by atoms with Gasteiger partial charge in [0.2, 0.25) is 17.7 Å². The minimum atomic E-state index is -1.80. The zero-order valence-corrected chi connectivity index (χ0v) is 32.5. The van der Waals surface area contributed by atoms with E-state index in [-0.39, 0.29) is 36.0 Å². The highest BCUT2D eigenvalue weighted by Gasteiger charge is 2.45. The average Bonchev–Trinajstić information content (AvgIpc) is 3.71. The van der Waals surface area contributed by atoms with Crippen LogP contribution in [0.15, 0.2) is 65.7 Å². The van der Waals surface area contributed by atoms with Crippen LogP contribution in [0.25, 0.3) is 0 Å². The molecule has 6 atom stereocenters. The largest absolute Gasteiger partial charge is 0.386 e. The molecule has 2 aliphatic heterocycles. The maximum atomic E-state index is 14.6. The number of benzene rings is 2. The molecule has 4 amide bonds. The van der Waals surface area contributed by atoms with Crippen molar-refractivity contribution in [3.63, 3.8) is 0 Å². The number of nitrogens with one attached hydrogen (secondary N) is 5. The molecule has 3 aliphatic rings. The normalized spacial score (nSPS) is 27.2. The van der Waals surface area contributed by atoms with Crippen molar-refractivity contribution in [3.05, 3.63) is 71.8 Å². The molecule has 0 aromatic heterocycles. The number of aldehydes is 1. The molecule has 0 bridgehead atoms. The van der Waals surface area contributed by atoms with E-state index in [2.05, 4.69) is 31.6 Å². The maximum absolute atomic E-state index is 14.6. The van der Waals surface area contributed by atoms with Gasteiger partial charge in [-0.3, -0.25) is 34.3 Å². The number of amidine groups is 1. The van der Waals surface area contributed by atoms with Crippen molar-refractivity contribution in [3.8, 4) is 0 Å². The summed E-state index contributed by atoms with van der Waals surface area (Å²) in [5.74, 6) is -1.88. The number of amides is 4. The van der Waals surface area contributed by atoms with Crippen LogP contribution < -0.4 is 38.1 Å². The number of carbonyl (C=O) groups excluding carboxylic acids is 5. The van der Waals surface area contributed by atoms with Crippen molar-refractivity contribution < 1.29 is 24.0 Å². The van der Waals surface area contributed by atoms with Gasteiger partial charge < -0.3 is 37.6 Å². The minimum absolute atomic E-state index is 0.0220. The molecule has 6 unspecified atom stereocenters. The van der Waals surface area contributed by atoms with Crippen molar-refractivity contribution in [2.75, 3.05) is 25.9 Å². The van der Waals surface area contributed by atoms with E-state index in [0.717, 1.165) is 64.8 Å². The summed E-state index contributed by atoms with van der Waals surface area (Å²) < 4.78 is 0. The molecule has 1 aliphatic carbocycles. The second-order valence-corrected chi connectivity index (χ2v) is 16.6. The third kappa shape index (κ3) is 10.2. The van der Waals surface area contributed by atoms with E-state index in [4.69, 9.17) is 11.5 Å². The van der Waals surface area contributed by atoms with E-state index in [9.17, 15) is 24.0 Å². The number of rotatable bonds is 10. The lowest BCUT2D eigenvalue weighted by Crippen LogP contribution is -2.71. The van der Waals surface area contributed by atoms with Crippen LogP contribution in [0.1, 0.15) is 69.0 Å². The van der Waals surface area contributed by atoms with Gasteiger partial charge in [0, 0.05) is 18.8 Å². The molecule has 3 fully saturated rings. The lowest BCUT2D eigenvalue weighted by molar-refractivity contribution is -0.143. The zero-order chi connectivity index (χ0) is 38.7. The van der Waals surface area contributed by atoms with Gasteiger partial charge in [-0.2, -0.15) is 0 Å². The highest BCUT2D eigenvalue weighted by molar-refractivity contribution is 8.77. The summed E-state index contributed by atoms with van der Waals surface area (Å²) in [5, 5.41) is 13.9. The Bertz CT molecular complexity index is 1590. The third-order valence-corrected chi connectivity index (χ3v) is 13.0. The van der Waals surface area contributed by atoms with Crippen LogP contribution in [-0.2, 0) is 24.0 Å². The standard InChI is InChI=1S/C38H53N9O5S2/c1-24(41-2)32(40)42-28-21-53-54-36(35(51)43-30(25-13-6-3-7-14-25)26-15-8-4-9-16-26)44-34(50)29-19-12-20-47(29)37(52)31(27-17-10-5-11-18-27)45-38(22-39,23-48)46-33(28)49/h3-4,6-9,13-16,23-24,27-31,36,41,45H,5,10-12,17-22,39H2,1-2H3,(H2,40,42)(H,43,51)(H,44,50)(H,46,49). The predicted molar refractivity (Wildman–Crippen MR) is 213 cm³/mol. The molecule has 292 valence electrons. The summed E-state index contributed by atoms with van der Waals surface area (Å²) in [5.41, 5.74) is 12.4. The molecule has 5 rings (SSSR count). The Morgan fingerprint density at radius 3 is 2.24 bits per heavy atom. The number of likely N-dealkylation sites (N-methyl/N-ethyl adjacent to an activating group) is 1. The van der Waals surface area contributed by atoms with E-state index in [0.29, 0.717) is 25.7 Å². The van der Waals surface area contributed by atoms with Gasteiger partial charge in [0.05, 0.1) is 18.1 Å². The Morgan fingerprint density at radius 1 is 1.00 bits per heavy atom. The first kappa shape index (κ1) is 41.2. The van der Waals surface area contributed by atoms with Crippen molar-refractivity contribution in [1.29, 1.82) is 0 Å². The van der Waals surface area contributed by atoms with E-state index < -0.39 is 52.9 Å². The van der Waals surface area contributed by atoms with Gasteiger partial charge in [-0.05, 0) is 56.7 Å². The Balaban J connectivity index is 1.52. The van der Waals surface area contributed by atoms with Crippen LogP contribution >= 0.6 is 21.6 Å². The highest BCUT2D eigenvalue weighted by atomic mass is 33.1. The Labute approximate surface area is 324 Å². The number of hydrogen-bond acceptors (Lipinski definition) is 11. The number of hydrogen-bond donors (Lipinski definition) is 7. The third-order valence-electron chi connectivity index (χ3n) is 10.4. The fourth-order valence-corrected chi connectivity index (χ4v) is 9.50. The van der Waals surface area contributed by atoms with Crippen LogP contribution in [0.4, 0.5) is 0 Å². The molecule has 0 radical (unpaired) electrons. The van der Waals surface area contributed by atoms with Crippen molar-refractivity contribution >= 4 is 57.3 Å². The molecule has 1 saturated carbocycles. The van der Waals surface area contributed by atoms with Gasteiger partial charge >= 0.3 is 0 Å². The predicted octanol–water partition coefficient (Wildman–Crippen LogP) is 1.56. The molecule has 2 aromatic carbocycles. The van der Waals surface area contributed by atoms with E-state index in [1.54, 1.807) is 18.9 Å². The van der Waals surface area contributed by atoms with Crippen LogP contribution in [0.2, 0.25) is 0 Å². The second kappa shape index (κ2) is 19.6. The molecule has 2 heterocycles. The van der Waals surface area contributed by atoms with Crippen LogP contribution in [0, 0.1) is 5.92 Å². The maximum Gasteiger partial charge on any atom is 0.254 e. The molecular weight excluding hydrogens is 727 g/mol. The van der Waals surface area contributed by atoms with Gasteiger partial charge in [-0.1, -0.05) is 102 Å². The molecule has 0 spiro atoms. The lowest BCUT2D eigenvalue weighted by Gasteiger charge is -2.40. The Morgan fingerprint density at radius 2 is 1.65 bits per heavy atom. The number of carbonyl (C=O) groups is 5. The Hall–Kier alpha value is -3.96.